The van der Waals surface area contributed by atoms with Crippen LogP contribution in [0.1, 0.15) is 37.8 Å². The van der Waals surface area contributed by atoms with Gasteiger partial charge in [0.05, 0.1) is 12.6 Å². The van der Waals surface area contributed by atoms with Gasteiger partial charge in [-0.25, -0.2) is 0 Å². The molecule has 1 aliphatic heterocycles. The van der Waals surface area contributed by atoms with Crippen LogP contribution in [0.3, 0.4) is 0 Å². The summed E-state index contributed by atoms with van der Waals surface area (Å²) in [6.07, 6.45) is 2.78. The zero-order valence-electron chi connectivity index (χ0n) is 11.5. The van der Waals surface area contributed by atoms with Crippen molar-refractivity contribution >= 4 is 0 Å². The van der Waals surface area contributed by atoms with E-state index in [2.05, 4.69) is 18.3 Å². The summed E-state index contributed by atoms with van der Waals surface area (Å²) in [7, 11) is 0. The molecule has 0 spiro atoms. The molecular weight excluding hydrogens is 242 g/mol. The zero-order chi connectivity index (χ0) is 13.5. The lowest BCUT2D eigenvalue weighted by Gasteiger charge is -2.11. The molecule has 1 aliphatic rings. The molecule has 0 saturated heterocycles. The van der Waals surface area contributed by atoms with E-state index in [-0.39, 0.29) is 6.61 Å². The highest BCUT2D eigenvalue weighted by Crippen LogP contribution is 2.35. The molecule has 0 aromatic heterocycles. The van der Waals surface area contributed by atoms with Crippen molar-refractivity contribution in [1.29, 1.82) is 0 Å². The minimum absolute atomic E-state index is 0.224. The fraction of sp³-hybridized carbons (Fsp3) is 0.600. The molecule has 106 valence electrons. The van der Waals surface area contributed by atoms with E-state index < -0.39 is 0 Å². The molecule has 1 heterocycles. The Balaban J connectivity index is 1.89. The van der Waals surface area contributed by atoms with Gasteiger partial charge >= 0.3 is 0 Å². The predicted octanol–water partition coefficient (Wildman–Crippen LogP) is 2.27. The second-order valence-electron chi connectivity index (χ2n) is 4.80. The van der Waals surface area contributed by atoms with Crippen molar-refractivity contribution in [2.24, 2.45) is 0 Å². The normalized spacial score (nSPS) is 17.1. The summed E-state index contributed by atoms with van der Waals surface area (Å²) in [5.74, 6) is 1.76. The lowest BCUT2D eigenvalue weighted by atomic mass is 10.1. The SMILES string of the molecule is CCCNC1COc2cc(OCCCCO)ccc21. The van der Waals surface area contributed by atoms with Gasteiger partial charge in [-0.1, -0.05) is 6.92 Å². The molecular formula is C15H23NO3. The standard InChI is InChI=1S/C15H23NO3/c1-2-7-16-14-11-19-15-10-12(5-6-13(14)15)18-9-4-3-8-17/h5-6,10,14,16-17H,2-4,7-9,11H2,1H3. The van der Waals surface area contributed by atoms with E-state index in [0.717, 1.165) is 37.3 Å². The highest BCUT2D eigenvalue weighted by Gasteiger charge is 2.23. The fourth-order valence-electron chi connectivity index (χ4n) is 2.17. The first-order chi connectivity index (χ1) is 9.35. The number of hydrogen-bond donors (Lipinski definition) is 2. The van der Waals surface area contributed by atoms with Gasteiger partial charge in [0.2, 0.25) is 0 Å². The van der Waals surface area contributed by atoms with Crippen LogP contribution in [0.5, 0.6) is 11.5 Å². The first kappa shape index (κ1) is 14.2. The molecule has 19 heavy (non-hydrogen) atoms. The van der Waals surface area contributed by atoms with E-state index in [1.807, 2.05) is 12.1 Å². The van der Waals surface area contributed by atoms with Crippen LogP contribution in [0.4, 0.5) is 0 Å². The van der Waals surface area contributed by atoms with Crippen LogP contribution in [0.15, 0.2) is 18.2 Å². The van der Waals surface area contributed by atoms with E-state index in [0.29, 0.717) is 19.3 Å². The molecule has 4 heteroatoms. The van der Waals surface area contributed by atoms with E-state index in [1.165, 1.54) is 5.56 Å². The molecule has 1 unspecified atom stereocenters. The van der Waals surface area contributed by atoms with E-state index in [9.17, 15) is 0 Å². The minimum Gasteiger partial charge on any atom is -0.493 e. The van der Waals surface area contributed by atoms with E-state index in [1.54, 1.807) is 0 Å². The van der Waals surface area contributed by atoms with Crippen molar-refractivity contribution < 1.29 is 14.6 Å². The lowest BCUT2D eigenvalue weighted by Crippen LogP contribution is -2.22. The van der Waals surface area contributed by atoms with Crippen LogP contribution in [0.25, 0.3) is 0 Å². The second kappa shape index (κ2) is 7.36. The molecule has 1 atom stereocenters. The summed E-state index contributed by atoms with van der Waals surface area (Å²) in [5.41, 5.74) is 1.22. The Morgan fingerprint density at radius 1 is 1.42 bits per heavy atom. The second-order valence-corrected chi connectivity index (χ2v) is 4.80. The summed E-state index contributed by atoms with van der Waals surface area (Å²) in [4.78, 5) is 0. The summed E-state index contributed by atoms with van der Waals surface area (Å²) < 4.78 is 11.3. The molecule has 0 aliphatic carbocycles. The molecule has 0 radical (unpaired) electrons. The summed E-state index contributed by atoms with van der Waals surface area (Å²) in [6, 6.07) is 6.34. The monoisotopic (exact) mass is 265 g/mol. The predicted molar refractivity (Wildman–Crippen MR) is 74.8 cm³/mol. The number of benzene rings is 1. The highest BCUT2D eigenvalue weighted by molar-refractivity contribution is 5.45. The Morgan fingerprint density at radius 3 is 3.11 bits per heavy atom. The van der Waals surface area contributed by atoms with E-state index in [4.69, 9.17) is 14.6 Å². The van der Waals surface area contributed by atoms with Crippen molar-refractivity contribution in [3.05, 3.63) is 23.8 Å². The number of nitrogens with one attached hydrogen (secondary N) is 1. The average molecular weight is 265 g/mol. The average Bonchev–Trinajstić information content (AvgIpc) is 2.84. The Hall–Kier alpha value is -1.26. The van der Waals surface area contributed by atoms with Crippen molar-refractivity contribution in [2.75, 3.05) is 26.4 Å². The molecule has 4 nitrogen and oxygen atoms in total. The van der Waals surface area contributed by atoms with Crippen LogP contribution >= 0.6 is 0 Å². The van der Waals surface area contributed by atoms with Crippen molar-refractivity contribution in [1.82, 2.24) is 5.32 Å². The number of fused-ring (bicyclic) bond motifs is 1. The molecule has 1 aromatic rings. The van der Waals surface area contributed by atoms with Gasteiger partial charge in [0, 0.05) is 18.2 Å². The Bertz CT molecular complexity index is 395. The number of rotatable bonds is 8. The minimum atomic E-state index is 0.224. The molecule has 1 aromatic carbocycles. The van der Waals surface area contributed by atoms with Crippen molar-refractivity contribution in [3.8, 4) is 11.5 Å². The zero-order valence-corrected chi connectivity index (χ0v) is 11.5. The van der Waals surface area contributed by atoms with Gasteiger partial charge in [-0.05, 0) is 37.9 Å². The van der Waals surface area contributed by atoms with Crippen LogP contribution in [0, 0.1) is 0 Å². The molecule has 2 rings (SSSR count). The Labute approximate surface area is 114 Å². The molecule has 0 bridgehead atoms. The quantitative estimate of drug-likeness (QED) is 0.708. The van der Waals surface area contributed by atoms with Gasteiger partial charge in [0.1, 0.15) is 18.1 Å². The van der Waals surface area contributed by atoms with Crippen LogP contribution in [0.2, 0.25) is 0 Å². The van der Waals surface area contributed by atoms with Gasteiger partial charge in [-0.15, -0.1) is 0 Å². The van der Waals surface area contributed by atoms with Gasteiger partial charge in [-0.3, -0.25) is 0 Å². The van der Waals surface area contributed by atoms with Crippen molar-refractivity contribution in [3.63, 3.8) is 0 Å². The first-order valence-electron chi connectivity index (χ1n) is 7.09. The largest absolute Gasteiger partial charge is 0.493 e. The van der Waals surface area contributed by atoms with Gasteiger partial charge in [-0.2, -0.15) is 0 Å². The summed E-state index contributed by atoms with van der Waals surface area (Å²) >= 11 is 0. The number of aliphatic hydroxyl groups excluding tert-OH is 1. The number of hydrogen-bond acceptors (Lipinski definition) is 4. The third-order valence-corrected chi connectivity index (χ3v) is 3.23. The van der Waals surface area contributed by atoms with Crippen molar-refractivity contribution in [2.45, 2.75) is 32.2 Å². The highest BCUT2D eigenvalue weighted by atomic mass is 16.5. The van der Waals surface area contributed by atoms with Crippen LogP contribution in [-0.2, 0) is 0 Å². The topological polar surface area (TPSA) is 50.7 Å². The maximum Gasteiger partial charge on any atom is 0.127 e. The maximum absolute atomic E-state index is 8.71. The van der Waals surface area contributed by atoms with Crippen LogP contribution < -0.4 is 14.8 Å². The maximum atomic E-state index is 8.71. The van der Waals surface area contributed by atoms with Gasteiger partial charge in [0.25, 0.3) is 0 Å². The fourth-order valence-corrected chi connectivity index (χ4v) is 2.17. The Morgan fingerprint density at radius 2 is 2.32 bits per heavy atom. The summed E-state index contributed by atoms with van der Waals surface area (Å²) in [6.45, 7) is 4.72. The molecule has 0 saturated carbocycles. The molecule has 0 amide bonds. The number of ether oxygens (including phenoxy) is 2. The third kappa shape index (κ3) is 3.85. The molecule has 0 fully saturated rings. The van der Waals surface area contributed by atoms with Gasteiger partial charge < -0.3 is 19.9 Å². The van der Waals surface area contributed by atoms with Crippen LogP contribution in [-0.4, -0.2) is 31.5 Å². The first-order valence-corrected chi connectivity index (χ1v) is 7.09. The van der Waals surface area contributed by atoms with Gasteiger partial charge in [0.15, 0.2) is 0 Å². The molecule has 2 N–H and O–H groups in total. The smallest absolute Gasteiger partial charge is 0.127 e. The number of aliphatic hydroxyl groups is 1. The lowest BCUT2D eigenvalue weighted by molar-refractivity contribution is 0.252. The third-order valence-electron chi connectivity index (χ3n) is 3.23. The summed E-state index contributed by atoms with van der Waals surface area (Å²) in [5, 5.41) is 12.2. The van der Waals surface area contributed by atoms with E-state index >= 15 is 0 Å². The number of unbranched alkanes of at least 4 members (excludes halogenated alkanes) is 1. The Kier molecular flexibility index (Phi) is 5.48.